The second-order valence-electron chi connectivity index (χ2n) is 8.96. The zero-order chi connectivity index (χ0) is 20.7. The highest BCUT2D eigenvalue weighted by atomic mass is 16.6. The third-order valence-electron chi connectivity index (χ3n) is 6.88. The third-order valence-corrected chi connectivity index (χ3v) is 6.88. The van der Waals surface area contributed by atoms with E-state index in [4.69, 9.17) is 4.74 Å². The highest BCUT2D eigenvalue weighted by Gasteiger charge is 2.47. The van der Waals surface area contributed by atoms with Gasteiger partial charge in [0.2, 0.25) is 0 Å². The largest absolute Gasteiger partial charge is 0.441 e. The Labute approximate surface area is 176 Å². The molecule has 10 heteroatoms. The summed E-state index contributed by atoms with van der Waals surface area (Å²) in [6, 6.07) is 0.620. The number of anilines is 1. The van der Waals surface area contributed by atoms with Crippen molar-refractivity contribution in [2.45, 2.75) is 30.9 Å². The van der Waals surface area contributed by atoms with Crippen LogP contribution in [0.25, 0.3) is 11.2 Å². The molecule has 0 unspecified atom stereocenters. The number of likely N-dealkylation sites (N-methyl/N-ethyl adjacent to an activating group) is 1. The number of aromatic nitrogens is 4. The van der Waals surface area contributed by atoms with E-state index >= 15 is 0 Å². The number of rotatable bonds is 5. The van der Waals surface area contributed by atoms with Crippen molar-refractivity contribution in [2.75, 3.05) is 64.8 Å². The first kappa shape index (κ1) is 19.5. The van der Waals surface area contributed by atoms with Crippen molar-refractivity contribution in [1.29, 1.82) is 0 Å². The number of nitrogens with one attached hydrogen (secondary N) is 1. The molecule has 0 radical (unpaired) electrons. The normalized spacial score (nSPS) is 24.5. The van der Waals surface area contributed by atoms with Gasteiger partial charge in [-0.1, -0.05) is 0 Å². The third kappa shape index (κ3) is 3.58. The number of ether oxygens (including phenoxy) is 1. The number of carbonyl (C=O) groups is 1. The van der Waals surface area contributed by atoms with Gasteiger partial charge in [-0.2, -0.15) is 0 Å². The average molecular weight is 415 g/mol. The van der Waals surface area contributed by atoms with Gasteiger partial charge in [-0.15, -0.1) is 0 Å². The van der Waals surface area contributed by atoms with Crippen LogP contribution in [0.4, 0.5) is 10.6 Å². The Morgan fingerprint density at radius 2 is 2.03 bits per heavy atom. The standard InChI is InChI=1S/C20H30N8O2/c1-25(2)15-3-6-26(11-15)9-10-28-12-20(30-19(28)29)4-7-27(8-5-20)18-16-17(22-13-21-16)23-14-24-18/h13-15H,3-12H2,1-2H3,(H,21,22,23,24)/t15-/m1/s1. The van der Waals surface area contributed by atoms with Crippen LogP contribution in [-0.2, 0) is 4.74 Å². The predicted octanol–water partition coefficient (Wildman–Crippen LogP) is 0.780. The second-order valence-corrected chi connectivity index (χ2v) is 8.96. The molecule has 10 nitrogen and oxygen atoms in total. The van der Waals surface area contributed by atoms with Crippen LogP contribution in [0.5, 0.6) is 0 Å². The van der Waals surface area contributed by atoms with Crippen LogP contribution in [0.3, 0.4) is 0 Å². The SMILES string of the molecule is CN(C)[C@@H]1CCN(CCN2CC3(CCN(c4ncnc5nc[nH]c45)CC3)OC2=O)C1. The molecule has 5 rings (SSSR count). The Balaban J connectivity index is 1.17. The van der Waals surface area contributed by atoms with Gasteiger partial charge in [-0.25, -0.2) is 19.7 Å². The molecule has 0 bridgehead atoms. The van der Waals surface area contributed by atoms with Crippen LogP contribution in [0, 0.1) is 0 Å². The molecule has 0 aliphatic carbocycles. The van der Waals surface area contributed by atoms with Gasteiger partial charge in [0.1, 0.15) is 17.4 Å². The van der Waals surface area contributed by atoms with Crippen LogP contribution < -0.4 is 4.90 Å². The summed E-state index contributed by atoms with van der Waals surface area (Å²) in [4.78, 5) is 37.4. The number of nitrogens with zero attached hydrogens (tertiary/aromatic N) is 7. The molecule has 2 aromatic heterocycles. The van der Waals surface area contributed by atoms with Gasteiger partial charge in [0.25, 0.3) is 0 Å². The number of hydrogen-bond donors (Lipinski definition) is 1. The highest BCUT2D eigenvalue weighted by molar-refractivity contribution is 5.82. The van der Waals surface area contributed by atoms with Crippen molar-refractivity contribution in [2.24, 2.45) is 0 Å². The van der Waals surface area contributed by atoms with E-state index in [2.05, 4.69) is 48.7 Å². The minimum absolute atomic E-state index is 0.162. The lowest BCUT2D eigenvalue weighted by Crippen LogP contribution is -2.47. The van der Waals surface area contributed by atoms with Crippen LogP contribution in [-0.4, -0.2) is 112 Å². The number of amides is 1. The summed E-state index contributed by atoms with van der Waals surface area (Å²) in [6.45, 7) is 6.12. The van der Waals surface area contributed by atoms with Gasteiger partial charge in [0, 0.05) is 51.6 Å². The van der Waals surface area contributed by atoms with Crippen molar-refractivity contribution in [3.63, 3.8) is 0 Å². The molecule has 3 aliphatic heterocycles. The monoisotopic (exact) mass is 414 g/mol. The number of hydrogen-bond acceptors (Lipinski definition) is 8. The first-order chi connectivity index (χ1) is 14.5. The molecule has 2 aromatic rings. The molecule has 1 spiro atoms. The molecule has 162 valence electrons. The molecule has 0 saturated carbocycles. The summed E-state index contributed by atoms with van der Waals surface area (Å²) < 4.78 is 5.91. The summed E-state index contributed by atoms with van der Waals surface area (Å²) in [5, 5.41) is 0. The molecule has 1 amide bonds. The number of piperidine rings is 1. The van der Waals surface area contributed by atoms with Gasteiger partial charge >= 0.3 is 6.09 Å². The minimum atomic E-state index is -0.370. The van der Waals surface area contributed by atoms with E-state index in [-0.39, 0.29) is 11.7 Å². The van der Waals surface area contributed by atoms with E-state index < -0.39 is 0 Å². The van der Waals surface area contributed by atoms with E-state index in [1.165, 1.54) is 6.42 Å². The summed E-state index contributed by atoms with van der Waals surface area (Å²) in [7, 11) is 4.28. The molecule has 3 aliphatic rings. The topological polar surface area (TPSA) is 93.7 Å². The molecule has 0 aromatic carbocycles. The summed E-state index contributed by atoms with van der Waals surface area (Å²) in [6.07, 6.45) is 5.85. The molecule has 1 N–H and O–H groups in total. The van der Waals surface area contributed by atoms with E-state index in [1.54, 1.807) is 12.7 Å². The molecule has 30 heavy (non-hydrogen) atoms. The van der Waals surface area contributed by atoms with Crippen LogP contribution in [0.2, 0.25) is 0 Å². The maximum atomic E-state index is 12.5. The second kappa shape index (κ2) is 7.66. The zero-order valence-corrected chi connectivity index (χ0v) is 17.8. The molecular formula is C20H30N8O2. The number of imidazole rings is 1. The smallest absolute Gasteiger partial charge is 0.410 e. The molecule has 1 atom stereocenters. The van der Waals surface area contributed by atoms with E-state index in [0.717, 1.165) is 63.4 Å². The molecular weight excluding hydrogens is 384 g/mol. The van der Waals surface area contributed by atoms with Crippen molar-refractivity contribution in [3.05, 3.63) is 12.7 Å². The van der Waals surface area contributed by atoms with E-state index in [0.29, 0.717) is 18.2 Å². The Kier molecular flexibility index (Phi) is 4.98. The highest BCUT2D eigenvalue weighted by Crippen LogP contribution is 2.35. The predicted molar refractivity (Wildman–Crippen MR) is 112 cm³/mol. The summed E-state index contributed by atoms with van der Waals surface area (Å²) in [5.41, 5.74) is 1.17. The van der Waals surface area contributed by atoms with Crippen molar-refractivity contribution in [1.82, 2.24) is 34.6 Å². The average Bonchev–Trinajstić information content (AvgIpc) is 3.46. The van der Waals surface area contributed by atoms with Gasteiger partial charge in [-0.05, 0) is 27.1 Å². The first-order valence-electron chi connectivity index (χ1n) is 10.8. The minimum Gasteiger partial charge on any atom is -0.441 e. The Hall–Kier alpha value is -2.46. The van der Waals surface area contributed by atoms with Gasteiger partial charge in [0.15, 0.2) is 11.5 Å². The van der Waals surface area contributed by atoms with Crippen LogP contribution in [0.15, 0.2) is 12.7 Å². The fourth-order valence-electron chi connectivity index (χ4n) is 4.94. The molecule has 3 fully saturated rings. The van der Waals surface area contributed by atoms with E-state index in [9.17, 15) is 4.79 Å². The lowest BCUT2D eigenvalue weighted by molar-refractivity contribution is 0.0366. The summed E-state index contributed by atoms with van der Waals surface area (Å²) in [5.74, 6) is 0.873. The number of aromatic amines is 1. The van der Waals surface area contributed by atoms with Gasteiger partial charge < -0.3 is 24.4 Å². The van der Waals surface area contributed by atoms with Gasteiger partial charge in [-0.3, -0.25) is 4.90 Å². The fraction of sp³-hybridized carbons (Fsp3) is 0.700. The Morgan fingerprint density at radius 3 is 2.80 bits per heavy atom. The van der Waals surface area contributed by atoms with Crippen molar-refractivity contribution < 1.29 is 9.53 Å². The van der Waals surface area contributed by atoms with Crippen molar-refractivity contribution >= 4 is 23.1 Å². The number of H-pyrrole nitrogens is 1. The van der Waals surface area contributed by atoms with E-state index in [1.807, 2.05) is 4.90 Å². The lowest BCUT2D eigenvalue weighted by atomic mass is 9.91. The number of carbonyl (C=O) groups excluding carboxylic acids is 1. The van der Waals surface area contributed by atoms with Gasteiger partial charge in [0.05, 0.1) is 12.9 Å². The van der Waals surface area contributed by atoms with Crippen molar-refractivity contribution in [3.8, 4) is 0 Å². The number of fused-ring (bicyclic) bond motifs is 1. The zero-order valence-electron chi connectivity index (χ0n) is 17.8. The summed E-state index contributed by atoms with van der Waals surface area (Å²) >= 11 is 0. The maximum Gasteiger partial charge on any atom is 0.410 e. The lowest BCUT2D eigenvalue weighted by Gasteiger charge is -2.38. The fourth-order valence-corrected chi connectivity index (χ4v) is 4.94. The maximum absolute atomic E-state index is 12.5. The Morgan fingerprint density at radius 1 is 1.20 bits per heavy atom. The van der Waals surface area contributed by atoms with Crippen LogP contribution >= 0.6 is 0 Å². The van der Waals surface area contributed by atoms with Crippen LogP contribution in [0.1, 0.15) is 19.3 Å². The molecule has 5 heterocycles. The quantitative estimate of drug-likeness (QED) is 0.767. The molecule has 3 saturated heterocycles. The first-order valence-corrected chi connectivity index (χ1v) is 10.8. The number of likely N-dealkylation sites (tertiary alicyclic amines) is 1. The Bertz CT molecular complexity index is 907.